The molecule has 0 aliphatic carbocycles. The summed E-state index contributed by atoms with van der Waals surface area (Å²) in [5, 5.41) is 9.27. The van der Waals surface area contributed by atoms with Gasteiger partial charge in [-0.05, 0) is 111 Å². The molecule has 5 N–H and O–H groups in total. The van der Waals surface area contributed by atoms with Crippen LogP contribution in [0.1, 0.15) is 60.6 Å². The monoisotopic (exact) mass is 1250 g/mol. The highest BCUT2D eigenvalue weighted by atomic mass is 79.9. The number of nitrogens with zero attached hydrogens (tertiary/aromatic N) is 4. The highest BCUT2D eigenvalue weighted by Gasteiger charge is 2.25. The molecule has 1 atom stereocenters. The van der Waals surface area contributed by atoms with Crippen molar-refractivity contribution in [2.75, 3.05) is 70.9 Å². The fourth-order valence-corrected chi connectivity index (χ4v) is 7.99. The largest absolute Gasteiger partial charge is 0.493 e. The number of nitrogens with one attached hydrogen (secondary N) is 3. The number of hydrogen-bond donors (Lipinski definition) is 4. The van der Waals surface area contributed by atoms with E-state index >= 15 is 0 Å². The lowest BCUT2D eigenvalue weighted by atomic mass is 9.95. The van der Waals surface area contributed by atoms with Crippen LogP contribution in [0.3, 0.4) is 0 Å². The molecular formula is C66H74BrClN8O10. The summed E-state index contributed by atoms with van der Waals surface area (Å²) in [7, 11) is 9.53. The molecule has 1 unspecified atom stereocenters. The van der Waals surface area contributed by atoms with Crippen molar-refractivity contribution in [3.63, 3.8) is 0 Å². The molecule has 0 saturated heterocycles. The van der Waals surface area contributed by atoms with Gasteiger partial charge in [0.15, 0.2) is 40.6 Å². The second-order valence-corrected chi connectivity index (χ2v) is 21.5. The topological polar surface area (TPSA) is 229 Å². The van der Waals surface area contributed by atoms with Gasteiger partial charge in [0.1, 0.15) is 6.61 Å². The van der Waals surface area contributed by atoms with Crippen LogP contribution in [0.5, 0.6) is 34.5 Å². The number of terminal acetylenes is 1. The van der Waals surface area contributed by atoms with Gasteiger partial charge in [0.05, 0.1) is 64.2 Å². The van der Waals surface area contributed by atoms with Crippen molar-refractivity contribution >= 4 is 68.0 Å². The summed E-state index contributed by atoms with van der Waals surface area (Å²) in [6.07, 6.45) is 17.8. The zero-order valence-corrected chi connectivity index (χ0v) is 51.8. The summed E-state index contributed by atoms with van der Waals surface area (Å²) < 4.78 is 38.1. The van der Waals surface area contributed by atoms with Gasteiger partial charge in [-0.2, -0.15) is 0 Å². The average Bonchev–Trinajstić information content (AvgIpc) is 3.55. The maximum atomic E-state index is 13.1. The van der Waals surface area contributed by atoms with Crippen LogP contribution < -0.4 is 50.1 Å². The van der Waals surface area contributed by atoms with Gasteiger partial charge in [-0.3, -0.25) is 34.3 Å². The van der Waals surface area contributed by atoms with Gasteiger partial charge in [-0.15, -0.1) is 6.42 Å². The molecule has 452 valence electrons. The van der Waals surface area contributed by atoms with Crippen LogP contribution >= 0.6 is 27.5 Å². The Balaban J connectivity index is 0.000000256. The maximum absolute atomic E-state index is 13.1. The molecule has 18 nitrogen and oxygen atoms in total. The Morgan fingerprint density at radius 3 is 1.30 bits per heavy atom. The van der Waals surface area contributed by atoms with Crippen molar-refractivity contribution in [1.29, 1.82) is 0 Å². The predicted octanol–water partition coefficient (Wildman–Crippen LogP) is 14.3. The second kappa shape index (κ2) is 33.3. The highest BCUT2D eigenvalue weighted by molar-refractivity contribution is 9.10. The van der Waals surface area contributed by atoms with Crippen molar-refractivity contribution in [3.8, 4) is 80.2 Å². The van der Waals surface area contributed by atoms with Crippen LogP contribution in [0.2, 0.25) is 5.02 Å². The number of ether oxygens (including phenoxy) is 7. The third kappa shape index (κ3) is 19.7. The maximum Gasteiger partial charge on any atom is 0.258 e. The van der Waals surface area contributed by atoms with Gasteiger partial charge < -0.3 is 54.8 Å². The number of nitrogen functional groups attached to an aromatic ring is 1. The van der Waals surface area contributed by atoms with Crippen LogP contribution in [0.15, 0.2) is 157 Å². The molecule has 0 fully saturated rings. The molecule has 0 spiro atoms. The number of methoxy groups -OCH3 is 6. The summed E-state index contributed by atoms with van der Waals surface area (Å²) in [6.45, 7) is 11.2. The third-order valence-corrected chi connectivity index (χ3v) is 13.1. The lowest BCUT2D eigenvalue weighted by molar-refractivity contribution is -0.127. The Labute approximate surface area is 517 Å². The summed E-state index contributed by atoms with van der Waals surface area (Å²) in [4.78, 5) is 53.4. The number of nitrogens with two attached hydrogens (primary N) is 1. The van der Waals surface area contributed by atoms with Crippen molar-refractivity contribution in [2.24, 2.45) is 10.8 Å². The highest BCUT2D eigenvalue weighted by Crippen LogP contribution is 2.38. The van der Waals surface area contributed by atoms with Gasteiger partial charge in [-0.25, -0.2) is 0 Å². The van der Waals surface area contributed by atoms with Gasteiger partial charge in [0.25, 0.3) is 5.91 Å². The number of carbonyl (C=O) groups is 3. The number of aromatic nitrogens is 4. The van der Waals surface area contributed by atoms with Gasteiger partial charge >= 0.3 is 0 Å². The molecular weight excluding hydrogens is 1180 g/mol. The fourth-order valence-electron chi connectivity index (χ4n) is 7.51. The Morgan fingerprint density at radius 1 is 0.535 bits per heavy atom. The van der Waals surface area contributed by atoms with E-state index in [1.165, 1.54) is 0 Å². The SMILES string of the molecule is C.C#CCOC(C(=O)Nc1ccncc1-c1ccc(OC)c(OC)c1)c1ccc(Cl)cc1.CC(C)(C)C(=O)Nc1ccncc1Br.COc1ccc(-c2cnccc2N)cc1OC.COc1ccc(-c2cnccc2NC(=O)C(C)(C)C)cc1OC. The molecule has 0 radical (unpaired) electrons. The van der Waals surface area contributed by atoms with Gasteiger partial charge in [-0.1, -0.05) is 96.8 Å². The fraction of sp³-hybridized carbons (Fsp3) is 0.258. The van der Waals surface area contributed by atoms with E-state index < -0.39 is 11.5 Å². The minimum Gasteiger partial charge on any atom is -0.493 e. The first-order chi connectivity index (χ1) is 40.6. The summed E-state index contributed by atoms with van der Waals surface area (Å²) in [6, 6.07) is 30.6. The minimum absolute atomic E-state index is 0. The van der Waals surface area contributed by atoms with Crippen molar-refractivity contribution in [1.82, 2.24) is 19.9 Å². The average molecular weight is 1250 g/mol. The molecule has 4 aromatic heterocycles. The lowest BCUT2D eigenvalue weighted by Crippen LogP contribution is -2.27. The number of carbonyl (C=O) groups excluding carboxylic acids is 3. The summed E-state index contributed by atoms with van der Waals surface area (Å²) in [5.74, 6) is 5.78. The molecule has 0 saturated carbocycles. The van der Waals surface area contributed by atoms with Crippen LogP contribution in [-0.4, -0.2) is 86.9 Å². The Morgan fingerprint density at radius 2 is 0.907 bits per heavy atom. The summed E-state index contributed by atoms with van der Waals surface area (Å²) in [5.41, 5.74) is 13.5. The molecule has 3 amide bonds. The predicted molar refractivity (Wildman–Crippen MR) is 345 cm³/mol. The second-order valence-electron chi connectivity index (χ2n) is 20.2. The van der Waals surface area contributed by atoms with E-state index in [2.05, 4.69) is 57.7 Å². The molecule has 0 aliphatic heterocycles. The van der Waals surface area contributed by atoms with Gasteiger partial charge in [0.2, 0.25) is 11.8 Å². The molecule has 86 heavy (non-hydrogen) atoms. The zero-order valence-electron chi connectivity index (χ0n) is 49.5. The minimum atomic E-state index is -0.903. The van der Waals surface area contributed by atoms with Crippen molar-refractivity contribution in [3.05, 3.63) is 168 Å². The first-order valence-electron chi connectivity index (χ1n) is 26.2. The Kier molecular flexibility index (Phi) is 26.8. The van der Waals surface area contributed by atoms with Crippen LogP contribution in [-0.2, 0) is 19.1 Å². The number of anilines is 4. The van der Waals surface area contributed by atoms with E-state index in [1.54, 1.807) is 147 Å². The van der Waals surface area contributed by atoms with Gasteiger partial charge in [0, 0.05) is 87.8 Å². The molecule has 0 bridgehead atoms. The molecule has 4 aromatic carbocycles. The van der Waals surface area contributed by atoms with E-state index in [0.29, 0.717) is 67.7 Å². The first kappa shape index (κ1) is 69.3. The molecule has 8 aromatic rings. The molecule has 8 rings (SSSR count). The number of halogens is 2. The molecule has 0 aliphatic rings. The number of pyridine rings is 4. The van der Waals surface area contributed by atoms with E-state index in [9.17, 15) is 14.4 Å². The number of amides is 3. The smallest absolute Gasteiger partial charge is 0.258 e. The van der Waals surface area contributed by atoms with Crippen molar-refractivity contribution in [2.45, 2.75) is 55.1 Å². The van der Waals surface area contributed by atoms with Crippen LogP contribution in [0.4, 0.5) is 22.7 Å². The number of hydrogen-bond acceptors (Lipinski definition) is 15. The normalized spacial score (nSPS) is 10.8. The van der Waals surface area contributed by atoms with E-state index in [4.69, 9.17) is 56.9 Å². The third-order valence-electron chi connectivity index (χ3n) is 12.2. The number of rotatable bonds is 16. The standard InChI is InChI=1S/C24H21ClN2O4.C18H22N2O3.C13H14N2O2.C10H13BrN2O.CH4/c1-4-13-31-23(16-5-8-18(25)9-6-16)24(28)27-20-11-12-26-15-19(20)17-7-10-21(29-2)22(14-17)30-3;1-18(2,3)17(21)20-14-8-9-19-11-13(14)12-6-7-15(22-4)16(10-12)23-5;1-16-12-4-3-9(7-13(12)17-2)10-8-15-6-5-11(10)14;1-10(2,3)9(14)13-8-4-5-12-6-7(8)11;/h1,5-12,14-15,23H,13H2,2-3H3,(H,26,27,28);6-11H,1-5H3,(H,19,20,21);3-8H,1-2H3,(H2,14,15);4-6H,1-3H3,(H,12,13,14);1H4. The first-order valence-corrected chi connectivity index (χ1v) is 27.4. The van der Waals surface area contributed by atoms with Crippen LogP contribution in [0.25, 0.3) is 33.4 Å². The van der Waals surface area contributed by atoms with E-state index in [0.717, 1.165) is 38.0 Å². The van der Waals surface area contributed by atoms with Crippen molar-refractivity contribution < 1.29 is 47.5 Å². The Hall–Kier alpha value is -9.22. The lowest BCUT2D eigenvalue weighted by Gasteiger charge is -2.19. The number of benzene rings is 4. The quantitative estimate of drug-likeness (QED) is 0.0659. The Bertz CT molecular complexity index is 3570. The molecule has 4 heterocycles. The summed E-state index contributed by atoms with van der Waals surface area (Å²) >= 11 is 9.28. The molecule has 20 heteroatoms. The van der Waals surface area contributed by atoms with E-state index in [1.807, 2.05) is 90.1 Å². The van der Waals surface area contributed by atoms with Crippen LogP contribution in [0, 0.1) is 23.2 Å². The zero-order chi connectivity index (χ0) is 62.3. The van der Waals surface area contributed by atoms with E-state index in [-0.39, 0.29) is 37.2 Å².